The molecule has 22 heavy (non-hydrogen) atoms. The summed E-state index contributed by atoms with van der Waals surface area (Å²) >= 11 is 0. The Morgan fingerprint density at radius 1 is 0.909 bits per heavy atom. The maximum absolute atomic E-state index is 13.5. The maximum Gasteiger partial charge on any atom is 0.162 e. The molecule has 3 aliphatic rings. The van der Waals surface area contributed by atoms with E-state index in [9.17, 15) is 13.2 Å². The average Bonchev–Trinajstić information content (AvgIpc) is 2.53. The van der Waals surface area contributed by atoms with Crippen molar-refractivity contribution in [2.24, 2.45) is 17.8 Å². The minimum absolute atomic E-state index is 0.00892. The van der Waals surface area contributed by atoms with Crippen LogP contribution in [0.1, 0.15) is 45.4 Å². The molecule has 3 rings (SSSR count). The monoisotopic (exact) mass is 319 g/mol. The molecule has 5 heteroatoms. The summed E-state index contributed by atoms with van der Waals surface area (Å²) in [5.74, 6) is 2.23. The van der Waals surface area contributed by atoms with Crippen LogP contribution in [-0.4, -0.2) is 38.0 Å². The number of hydrogen-bond acceptors (Lipinski definition) is 2. The fourth-order valence-electron chi connectivity index (χ4n) is 3.95. The summed E-state index contributed by atoms with van der Waals surface area (Å²) in [6, 6.07) is 0. The molecular formula is C17H26F3O2. The van der Waals surface area contributed by atoms with Gasteiger partial charge in [0.2, 0.25) is 0 Å². The third kappa shape index (κ3) is 3.61. The van der Waals surface area contributed by atoms with Crippen LogP contribution in [0.4, 0.5) is 13.2 Å². The molecule has 2 nitrogen and oxygen atoms in total. The van der Waals surface area contributed by atoms with Crippen LogP contribution in [0.15, 0.2) is 0 Å². The Bertz CT molecular complexity index is 340. The summed E-state index contributed by atoms with van der Waals surface area (Å²) in [5.41, 5.74) is 0. The Morgan fingerprint density at radius 3 is 2.00 bits per heavy atom. The van der Waals surface area contributed by atoms with Crippen LogP contribution in [0.25, 0.3) is 0 Å². The van der Waals surface area contributed by atoms with Gasteiger partial charge in [-0.05, 0) is 37.5 Å². The third-order valence-corrected chi connectivity index (χ3v) is 5.55. The van der Waals surface area contributed by atoms with Gasteiger partial charge in [0.15, 0.2) is 12.5 Å². The lowest BCUT2D eigenvalue weighted by molar-refractivity contribution is -0.234. The van der Waals surface area contributed by atoms with E-state index in [0.717, 1.165) is 18.8 Å². The summed E-state index contributed by atoms with van der Waals surface area (Å²) in [6.07, 6.45) is -1.36. The van der Waals surface area contributed by atoms with Gasteiger partial charge in [-0.15, -0.1) is 0 Å². The standard InChI is InChI=1S/C17H26F3O2/c1-10-2-4-11(5-3-10)13-8-21-17(22-9-13)12-6-14(18)16(20)15(19)7-12/h10,12-17H,2-9H2,1H3. The fourth-order valence-corrected chi connectivity index (χ4v) is 3.95. The lowest BCUT2D eigenvalue weighted by atomic mass is 9.76. The molecule has 0 aromatic heterocycles. The molecule has 0 N–H and O–H groups in total. The Hall–Kier alpha value is -0.290. The molecule has 127 valence electrons. The molecule has 2 atom stereocenters. The SMILES string of the molecule is CC1CC[C](C2COC(C3CC(F)C(F)C(F)C3)OC2)CC1. The van der Waals surface area contributed by atoms with E-state index in [1.807, 2.05) is 0 Å². The summed E-state index contributed by atoms with van der Waals surface area (Å²) in [4.78, 5) is 0. The first-order chi connectivity index (χ1) is 10.5. The van der Waals surface area contributed by atoms with Gasteiger partial charge in [-0.25, -0.2) is 13.2 Å². The van der Waals surface area contributed by atoms with Crippen LogP contribution in [-0.2, 0) is 9.47 Å². The number of rotatable bonds is 2. The zero-order chi connectivity index (χ0) is 15.7. The summed E-state index contributed by atoms with van der Waals surface area (Å²) in [7, 11) is 0. The van der Waals surface area contributed by atoms with Gasteiger partial charge >= 0.3 is 0 Å². The maximum atomic E-state index is 13.5. The quantitative estimate of drug-likeness (QED) is 0.760. The first-order valence-corrected chi connectivity index (χ1v) is 8.54. The Morgan fingerprint density at radius 2 is 1.45 bits per heavy atom. The van der Waals surface area contributed by atoms with Crippen molar-refractivity contribution in [2.75, 3.05) is 13.2 Å². The number of ether oxygens (including phenoxy) is 2. The fraction of sp³-hybridized carbons (Fsp3) is 0.941. The van der Waals surface area contributed by atoms with E-state index in [2.05, 4.69) is 6.92 Å². The van der Waals surface area contributed by atoms with E-state index in [1.165, 1.54) is 18.8 Å². The molecule has 0 aromatic carbocycles. The lowest BCUT2D eigenvalue weighted by Crippen LogP contribution is -2.46. The van der Waals surface area contributed by atoms with Crippen molar-refractivity contribution in [3.05, 3.63) is 5.92 Å². The molecule has 1 saturated heterocycles. The van der Waals surface area contributed by atoms with E-state index in [-0.39, 0.29) is 18.8 Å². The van der Waals surface area contributed by atoms with Crippen LogP contribution in [0, 0.1) is 23.7 Å². The highest BCUT2D eigenvalue weighted by Crippen LogP contribution is 2.39. The molecule has 2 saturated carbocycles. The zero-order valence-electron chi connectivity index (χ0n) is 13.1. The van der Waals surface area contributed by atoms with Crippen molar-refractivity contribution in [3.63, 3.8) is 0 Å². The smallest absolute Gasteiger partial charge is 0.162 e. The predicted molar refractivity (Wildman–Crippen MR) is 77.5 cm³/mol. The minimum Gasteiger partial charge on any atom is -0.352 e. The van der Waals surface area contributed by atoms with Crippen molar-refractivity contribution in [1.82, 2.24) is 0 Å². The van der Waals surface area contributed by atoms with Gasteiger partial charge in [-0.1, -0.05) is 19.8 Å². The van der Waals surface area contributed by atoms with Crippen LogP contribution < -0.4 is 0 Å². The molecular weight excluding hydrogens is 293 g/mol. The molecule has 0 bridgehead atoms. The molecule has 0 aromatic rings. The molecule has 0 spiro atoms. The molecule has 3 fully saturated rings. The Balaban J connectivity index is 1.47. The summed E-state index contributed by atoms with van der Waals surface area (Å²) in [5, 5.41) is 0. The summed E-state index contributed by atoms with van der Waals surface area (Å²) in [6.45, 7) is 3.42. The molecule has 2 unspecified atom stereocenters. The Labute approximate surface area is 130 Å². The van der Waals surface area contributed by atoms with Gasteiger partial charge in [0.1, 0.15) is 12.3 Å². The second kappa shape index (κ2) is 7.08. The number of hydrogen-bond donors (Lipinski definition) is 0. The number of alkyl halides is 3. The third-order valence-electron chi connectivity index (χ3n) is 5.55. The average molecular weight is 319 g/mol. The minimum atomic E-state index is -1.99. The van der Waals surface area contributed by atoms with Crippen molar-refractivity contribution in [1.29, 1.82) is 0 Å². The van der Waals surface area contributed by atoms with E-state index in [4.69, 9.17) is 9.47 Å². The van der Waals surface area contributed by atoms with Crippen molar-refractivity contribution < 1.29 is 22.6 Å². The first-order valence-electron chi connectivity index (χ1n) is 8.54. The zero-order valence-corrected chi connectivity index (χ0v) is 13.1. The highest BCUT2D eigenvalue weighted by Gasteiger charge is 2.44. The topological polar surface area (TPSA) is 18.5 Å². The van der Waals surface area contributed by atoms with Crippen molar-refractivity contribution in [2.45, 2.75) is 70.3 Å². The molecule has 2 aliphatic carbocycles. The summed E-state index contributed by atoms with van der Waals surface area (Å²) < 4.78 is 51.7. The second-order valence-corrected chi connectivity index (χ2v) is 7.28. The largest absolute Gasteiger partial charge is 0.352 e. The predicted octanol–water partition coefficient (Wildman–Crippen LogP) is 4.18. The van der Waals surface area contributed by atoms with Gasteiger partial charge in [0, 0.05) is 11.8 Å². The van der Waals surface area contributed by atoms with Gasteiger partial charge in [0.25, 0.3) is 0 Å². The highest BCUT2D eigenvalue weighted by molar-refractivity contribution is 5.01. The van der Waals surface area contributed by atoms with E-state index in [0.29, 0.717) is 19.1 Å². The molecule has 0 amide bonds. The van der Waals surface area contributed by atoms with E-state index < -0.39 is 24.8 Å². The lowest BCUT2D eigenvalue weighted by Gasteiger charge is -2.41. The molecule has 1 aliphatic heterocycles. The van der Waals surface area contributed by atoms with Gasteiger partial charge in [-0.2, -0.15) is 0 Å². The van der Waals surface area contributed by atoms with Crippen molar-refractivity contribution in [3.8, 4) is 0 Å². The first kappa shape index (κ1) is 16.6. The number of halogens is 3. The van der Waals surface area contributed by atoms with Crippen LogP contribution in [0.2, 0.25) is 0 Å². The molecule has 1 heterocycles. The molecule has 1 radical (unpaired) electrons. The second-order valence-electron chi connectivity index (χ2n) is 7.28. The van der Waals surface area contributed by atoms with Gasteiger partial charge in [0.05, 0.1) is 13.2 Å². The van der Waals surface area contributed by atoms with Crippen LogP contribution in [0.5, 0.6) is 0 Å². The van der Waals surface area contributed by atoms with Crippen LogP contribution in [0.3, 0.4) is 0 Å². The van der Waals surface area contributed by atoms with Crippen molar-refractivity contribution >= 4 is 0 Å². The normalized spacial score (nSPS) is 45.8. The highest BCUT2D eigenvalue weighted by atomic mass is 19.2. The van der Waals surface area contributed by atoms with Gasteiger partial charge < -0.3 is 9.47 Å². The van der Waals surface area contributed by atoms with E-state index in [1.54, 1.807) is 0 Å². The van der Waals surface area contributed by atoms with Gasteiger partial charge in [-0.3, -0.25) is 0 Å². The Kier molecular flexibility index (Phi) is 5.33. The van der Waals surface area contributed by atoms with E-state index >= 15 is 0 Å². The van der Waals surface area contributed by atoms with Crippen LogP contribution >= 0.6 is 0 Å².